The van der Waals surface area contributed by atoms with Crippen LogP contribution in [-0.2, 0) is 11.2 Å². The first-order valence-corrected chi connectivity index (χ1v) is 7.77. The highest BCUT2D eigenvalue weighted by atomic mass is 32.1. The molecule has 1 N–H and O–H groups in total. The van der Waals surface area contributed by atoms with Crippen LogP contribution >= 0.6 is 11.3 Å². The number of carbonyl (C=O) groups is 1. The summed E-state index contributed by atoms with van der Waals surface area (Å²) in [5.41, 5.74) is 1.04. The van der Waals surface area contributed by atoms with Crippen molar-refractivity contribution in [2.24, 2.45) is 0 Å². The predicted octanol–water partition coefficient (Wildman–Crippen LogP) is 2.42. The van der Waals surface area contributed by atoms with Crippen molar-refractivity contribution in [1.82, 2.24) is 10.3 Å². The fourth-order valence-corrected chi connectivity index (χ4v) is 3.03. The average molecular weight is 283 g/mol. The minimum absolute atomic E-state index is 0.353. The Morgan fingerprint density at radius 2 is 2.26 bits per heavy atom. The lowest BCUT2D eigenvalue weighted by molar-refractivity contribution is 0.152. The van der Waals surface area contributed by atoms with Gasteiger partial charge in [0.15, 0.2) is 5.13 Å². The maximum atomic E-state index is 11.1. The number of ether oxygens (including phenoxy) is 1. The van der Waals surface area contributed by atoms with Gasteiger partial charge in [0.1, 0.15) is 0 Å². The van der Waals surface area contributed by atoms with E-state index in [1.165, 1.54) is 19.3 Å². The number of anilines is 1. The monoisotopic (exact) mass is 283 g/mol. The number of rotatable bonds is 5. The molecule has 6 heteroatoms. The molecule has 0 aliphatic carbocycles. The molecule has 0 spiro atoms. The van der Waals surface area contributed by atoms with Crippen LogP contribution in [0.1, 0.15) is 31.9 Å². The summed E-state index contributed by atoms with van der Waals surface area (Å²) < 4.78 is 4.80. The number of amides is 1. The summed E-state index contributed by atoms with van der Waals surface area (Å²) in [5, 5.41) is 5.91. The number of nitrogens with zero attached hydrogens (tertiary/aromatic N) is 2. The predicted molar refractivity (Wildman–Crippen MR) is 76.9 cm³/mol. The van der Waals surface area contributed by atoms with Crippen LogP contribution < -0.4 is 10.2 Å². The number of thiazole rings is 1. The Morgan fingerprint density at radius 1 is 1.47 bits per heavy atom. The third kappa shape index (κ3) is 4.38. The van der Waals surface area contributed by atoms with Gasteiger partial charge in [-0.3, -0.25) is 0 Å². The van der Waals surface area contributed by atoms with E-state index in [4.69, 9.17) is 4.74 Å². The van der Waals surface area contributed by atoms with Gasteiger partial charge >= 0.3 is 6.09 Å². The zero-order chi connectivity index (χ0) is 13.5. The molecule has 1 aliphatic rings. The first-order valence-electron chi connectivity index (χ1n) is 6.89. The van der Waals surface area contributed by atoms with E-state index in [2.05, 4.69) is 20.6 Å². The molecule has 0 bridgehead atoms. The largest absolute Gasteiger partial charge is 0.450 e. The number of nitrogens with one attached hydrogen (secondary N) is 1. The van der Waals surface area contributed by atoms with Crippen molar-refractivity contribution in [2.75, 3.05) is 31.1 Å². The molecule has 2 heterocycles. The maximum absolute atomic E-state index is 11.1. The molecule has 19 heavy (non-hydrogen) atoms. The van der Waals surface area contributed by atoms with Crippen molar-refractivity contribution in [2.45, 2.75) is 32.6 Å². The number of piperidine rings is 1. The number of alkyl carbamates (subject to hydrolysis) is 1. The summed E-state index contributed by atoms with van der Waals surface area (Å²) in [6.45, 7) is 5.01. The van der Waals surface area contributed by atoms with E-state index in [1.54, 1.807) is 18.3 Å². The van der Waals surface area contributed by atoms with E-state index < -0.39 is 0 Å². The smallest absolute Gasteiger partial charge is 0.407 e. The third-order valence-electron chi connectivity index (χ3n) is 3.09. The van der Waals surface area contributed by atoms with E-state index in [9.17, 15) is 4.79 Å². The summed E-state index contributed by atoms with van der Waals surface area (Å²) in [6.07, 6.45) is 4.26. The summed E-state index contributed by atoms with van der Waals surface area (Å²) in [5.74, 6) is 0. The molecule has 0 aromatic carbocycles. The SMILES string of the molecule is CCOC(=O)NCCc1csc(N2CCCCC2)n1. The zero-order valence-electron chi connectivity index (χ0n) is 11.4. The second-order valence-corrected chi connectivity index (χ2v) is 5.40. The van der Waals surface area contributed by atoms with Crippen molar-refractivity contribution in [3.8, 4) is 0 Å². The molecule has 5 nitrogen and oxygen atoms in total. The first-order chi connectivity index (χ1) is 9.29. The summed E-state index contributed by atoms with van der Waals surface area (Å²) in [7, 11) is 0. The minimum atomic E-state index is -0.353. The molecule has 1 fully saturated rings. The van der Waals surface area contributed by atoms with Crippen molar-refractivity contribution >= 4 is 22.6 Å². The average Bonchev–Trinajstić information content (AvgIpc) is 2.89. The Morgan fingerprint density at radius 3 is 3.00 bits per heavy atom. The van der Waals surface area contributed by atoms with Gasteiger partial charge in [-0.2, -0.15) is 0 Å². The van der Waals surface area contributed by atoms with Crippen LogP contribution in [0.2, 0.25) is 0 Å². The second-order valence-electron chi connectivity index (χ2n) is 4.57. The highest BCUT2D eigenvalue weighted by molar-refractivity contribution is 7.13. The number of aromatic nitrogens is 1. The molecule has 0 unspecified atom stereocenters. The van der Waals surface area contributed by atoms with Crippen LogP contribution in [0.25, 0.3) is 0 Å². The molecule has 0 saturated carbocycles. The van der Waals surface area contributed by atoms with Crippen LogP contribution in [0.15, 0.2) is 5.38 Å². The fourth-order valence-electron chi connectivity index (χ4n) is 2.12. The third-order valence-corrected chi connectivity index (χ3v) is 4.04. The van der Waals surface area contributed by atoms with E-state index in [-0.39, 0.29) is 6.09 Å². The molecular weight excluding hydrogens is 262 g/mol. The topological polar surface area (TPSA) is 54.5 Å². The normalized spacial score (nSPS) is 15.3. The van der Waals surface area contributed by atoms with Crippen LogP contribution in [0, 0.1) is 0 Å². The van der Waals surface area contributed by atoms with Gasteiger partial charge in [-0.1, -0.05) is 0 Å². The molecule has 2 rings (SSSR count). The number of hydrogen-bond donors (Lipinski definition) is 1. The molecule has 1 aromatic heterocycles. The van der Waals surface area contributed by atoms with Gasteiger partial charge in [0.25, 0.3) is 0 Å². The Kier molecular flexibility index (Phi) is 5.44. The van der Waals surface area contributed by atoms with Crippen molar-refractivity contribution < 1.29 is 9.53 Å². The standard InChI is InChI=1S/C13H21N3O2S/c1-2-18-13(17)14-7-6-11-10-19-12(15-11)16-8-4-3-5-9-16/h10H,2-9H2,1H3,(H,14,17). The molecule has 1 saturated heterocycles. The van der Waals surface area contributed by atoms with Crippen LogP contribution in [0.3, 0.4) is 0 Å². The Balaban J connectivity index is 1.75. The van der Waals surface area contributed by atoms with Crippen molar-refractivity contribution in [3.05, 3.63) is 11.1 Å². The zero-order valence-corrected chi connectivity index (χ0v) is 12.2. The van der Waals surface area contributed by atoms with Crippen LogP contribution in [0.4, 0.5) is 9.93 Å². The van der Waals surface area contributed by atoms with Gasteiger partial charge in [-0.15, -0.1) is 11.3 Å². The highest BCUT2D eigenvalue weighted by Gasteiger charge is 2.14. The van der Waals surface area contributed by atoms with Gasteiger partial charge in [0, 0.05) is 31.4 Å². The van der Waals surface area contributed by atoms with Crippen molar-refractivity contribution in [1.29, 1.82) is 0 Å². The van der Waals surface area contributed by atoms with E-state index >= 15 is 0 Å². The van der Waals surface area contributed by atoms with Gasteiger partial charge < -0.3 is 15.0 Å². The lowest BCUT2D eigenvalue weighted by Gasteiger charge is -2.25. The van der Waals surface area contributed by atoms with E-state index in [0.717, 1.165) is 30.3 Å². The Bertz CT molecular complexity index is 402. The number of hydrogen-bond acceptors (Lipinski definition) is 5. The molecule has 1 amide bonds. The quantitative estimate of drug-likeness (QED) is 0.901. The van der Waals surface area contributed by atoms with Crippen molar-refractivity contribution in [3.63, 3.8) is 0 Å². The van der Waals surface area contributed by atoms with E-state index in [1.807, 2.05) is 0 Å². The highest BCUT2D eigenvalue weighted by Crippen LogP contribution is 2.23. The van der Waals surface area contributed by atoms with Gasteiger partial charge in [-0.25, -0.2) is 9.78 Å². The lowest BCUT2D eigenvalue weighted by Crippen LogP contribution is -2.29. The first kappa shape index (κ1) is 14.1. The fraction of sp³-hybridized carbons (Fsp3) is 0.692. The molecule has 0 atom stereocenters. The molecule has 1 aliphatic heterocycles. The number of carbonyl (C=O) groups excluding carboxylic acids is 1. The van der Waals surface area contributed by atoms with Crippen LogP contribution in [0.5, 0.6) is 0 Å². The summed E-state index contributed by atoms with van der Waals surface area (Å²) >= 11 is 1.70. The Hall–Kier alpha value is -1.30. The Labute approximate surface area is 118 Å². The molecule has 1 aromatic rings. The summed E-state index contributed by atoms with van der Waals surface area (Å²) in [4.78, 5) is 18.1. The molecule has 0 radical (unpaired) electrons. The summed E-state index contributed by atoms with van der Waals surface area (Å²) in [6, 6.07) is 0. The van der Waals surface area contributed by atoms with Gasteiger partial charge in [0.2, 0.25) is 0 Å². The second kappa shape index (κ2) is 7.33. The van der Waals surface area contributed by atoms with Crippen LogP contribution in [-0.4, -0.2) is 37.3 Å². The molecular formula is C13H21N3O2S. The molecule has 106 valence electrons. The van der Waals surface area contributed by atoms with E-state index in [0.29, 0.717) is 13.2 Å². The van der Waals surface area contributed by atoms with Gasteiger partial charge in [-0.05, 0) is 26.2 Å². The maximum Gasteiger partial charge on any atom is 0.407 e. The minimum Gasteiger partial charge on any atom is -0.450 e. The van der Waals surface area contributed by atoms with Gasteiger partial charge in [0.05, 0.1) is 12.3 Å². The lowest BCUT2D eigenvalue weighted by atomic mass is 10.1.